The van der Waals surface area contributed by atoms with E-state index in [0.29, 0.717) is 5.56 Å². The van der Waals surface area contributed by atoms with Gasteiger partial charge in [0.25, 0.3) is 5.91 Å². The molecule has 0 atom stereocenters. The first-order chi connectivity index (χ1) is 7.27. The first-order valence-electron chi connectivity index (χ1n) is 5.18. The summed E-state index contributed by atoms with van der Waals surface area (Å²) >= 11 is 0. The van der Waals surface area contributed by atoms with Gasteiger partial charge in [-0.15, -0.1) is 0 Å². The van der Waals surface area contributed by atoms with E-state index in [0.717, 1.165) is 18.6 Å². The summed E-state index contributed by atoms with van der Waals surface area (Å²) in [4.78, 5) is 11.6. The van der Waals surface area contributed by atoms with E-state index in [1.807, 2.05) is 32.0 Å². The minimum atomic E-state index is -0.157. The number of hydrogen-bond donors (Lipinski definition) is 1. The first kappa shape index (κ1) is 11.4. The third-order valence-corrected chi connectivity index (χ3v) is 2.17. The molecule has 0 bridgehead atoms. The van der Waals surface area contributed by atoms with E-state index >= 15 is 0 Å². The fourth-order valence-corrected chi connectivity index (χ4v) is 1.19. The van der Waals surface area contributed by atoms with Crippen LogP contribution in [0.5, 0.6) is 0 Å². The summed E-state index contributed by atoms with van der Waals surface area (Å²) in [6.07, 6.45) is 1.73. The van der Waals surface area contributed by atoms with Crippen LogP contribution in [0.3, 0.4) is 0 Å². The highest BCUT2D eigenvalue weighted by molar-refractivity contribution is 5.95. The molecule has 1 amide bonds. The van der Waals surface area contributed by atoms with E-state index in [-0.39, 0.29) is 5.91 Å². The van der Waals surface area contributed by atoms with E-state index in [1.54, 1.807) is 12.1 Å². The Bertz CT molecular complexity index is 338. The molecule has 1 rings (SSSR count). The summed E-state index contributed by atoms with van der Waals surface area (Å²) in [7, 11) is 0. The Kier molecular flexibility index (Phi) is 4.54. The minimum Gasteiger partial charge on any atom is -0.267 e. The van der Waals surface area contributed by atoms with E-state index in [9.17, 15) is 4.79 Å². The number of nitrogens with zero attached hydrogens (tertiary/aromatic N) is 1. The van der Waals surface area contributed by atoms with Crippen molar-refractivity contribution in [3.8, 4) is 0 Å². The lowest BCUT2D eigenvalue weighted by atomic mass is 10.2. The van der Waals surface area contributed by atoms with Crippen molar-refractivity contribution < 1.29 is 4.79 Å². The second-order valence-corrected chi connectivity index (χ2v) is 3.19. The van der Waals surface area contributed by atoms with Gasteiger partial charge in [0.1, 0.15) is 0 Å². The number of hydrogen-bond acceptors (Lipinski definition) is 2. The minimum absolute atomic E-state index is 0.157. The number of carbonyl (C=O) groups is 1. The molecule has 0 fully saturated rings. The lowest BCUT2D eigenvalue weighted by molar-refractivity contribution is 0.0954. The molecule has 1 N–H and O–H groups in total. The Morgan fingerprint density at radius 3 is 2.33 bits per heavy atom. The summed E-state index contributed by atoms with van der Waals surface area (Å²) in [6, 6.07) is 9.08. The van der Waals surface area contributed by atoms with Gasteiger partial charge in [-0.3, -0.25) is 4.79 Å². The molecule has 80 valence electrons. The SMILES string of the molecule is CCC(CC)=NNC(=O)c1ccccc1. The highest BCUT2D eigenvalue weighted by Crippen LogP contribution is 1.98. The zero-order valence-electron chi connectivity index (χ0n) is 9.16. The van der Waals surface area contributed by atoms with Crippen LogP contribution >= 0.6 is 0 Å². The second kappa shape index (κ2) is 5.96. The molecule has 3 nitrogen and oxygen atoms in total. The van der Waals surface area contributed by atoms with Gasteiger partial charge in [0.05, 0.1) is 0 Å². The van der Waals surface area contributed by atoms with Crippen LogP contribution in [0.25, 0.3) is 0 Å². The topological polar surface area (TPSA) is 41.5 Å². The molecule has 0 saturated carbocycles. The van der Waals surface area contributed by atoms with Crippen molar-refractivity contribution in [2.24, 2.45) is 5.10 Å². The Balaban J connectivity index is 2.61. The summed E-state index contributed by atoms with van der Waals surface area (Å²) in [5.74, 6) is -0.157. The van der Waals surface area contributed by atoms with Crippen LogP contribution < -0.4 is 5.43 Å². The van der Waals surface area contributed by atoms with Crippen LogP contribution in [0.15, 0.2) is 35.4 Å². The molecular formula is C12H16N2O. The smallest absolute Gasteiger partial charge is 0.267 e. The predicted octanol–water partition coefficient (Wildman–Crippen LogP) is 2.59. The zero-order valence-corrected chi connectivity index (χ0v) is 9.16. The first-order valence-corrected chi connectivity index (χ1v) is 5.18. The van der Waals surface area contributed by atoms with Gasteiger partial charge in [0.15, 0.2) is 0 Å². The average molecular weight is 204 g/mol. The standard InChI is InChI=1S/C12H16N2O/c1-3-11(4-2)13-14-12(15)10-8-6-5-7-9-10/h5-9H,3-4H2,1-2H3,(H,14,15). The van der Waals surface area contributed by atoms with Crippen LogP contribution in [0.2, 0.25) is 0 Å². The van der Waals surface area contributed by atoms with Gasteiger partial charge < -0.3 is 0 Å². The van der Waals surface area contributed by atoms with Gasteiger partial charge >= 0.3 is 0 Å². The van der Waals surface area contributed by atoms with Gasteiger partial charge in [0, 0.05) is 11.3 Å². The number of amides is 1. The lowest BCUT2D eigenvalue weighted by Crippen LogP contribution is -2.19. The van der Waals surface area contributed by atoms with Gasteiger partial charge in [-0.05, 0) is 25.0 Å². The predicted molar refractivity (Wildman–Crippen MR) is 61.9 cm³/mol. The second-order valence-electron chi connectivity index (χ2n) is 3.19. The summed E-state index contributed by atoms with van der Waals surface area (Å²) in [5.41, 5.74) is 4.18. The zero-order chi connectivity index (χ0) is 11.1. The van der Waals surface area contributed by atoms with Gasteiger partial charge in [-0.25, -0.2) is 5.43 Å². The summed E-state index contributed by atoms with van der Waals surface area (Å²) < 4.78 is 0. The number of hydrazone groups is 1. The fraction of sp³-hybridized carbons (Fsp3) is 0.333. The van der Waals surface area contributed by atoms with Crippen LogP contribution in [-0.2, 0) is 0 Å². The fourth-order valence-electron chi connectivity index (χ4n) is 1.19. The van der Waals surface area contributed by atoms with Gasteiger partial charge in [0.2, 0.25) is 0 Å². The average Bonchev–Trinajstić information content (AvgIpc) is 2.31. The quantitative estimate of drug-likeness (QED) is 0.594. The van der Waals surface area contributed by atoms with E-state index in [1.165, 1.54) is 0 Å². The molecule has 3 heteroatoms. The molecule has 0 heterocycles. The number of rotatable bonds is 4. The van der Waals surface area contributed by atoms with Crippen molar-refractivity contribution in [1.29, 1.82) is 0 Å². The van der Waals surface area contributed by atoms with Crippen LogP contribution in [-0.4, -0.2) is 11.6 Å². The molecule has 1 aromatic carbocycles. The number of benzene rings is 1. The molecule has 0 unspecified atom stereocenters. The van der Waals surface area contributed by atoms with Crippen molar-refractivity contribution in [1.82, 2.24) is 5.43 Å². The van der Waals surface area contributed by atoms with Crippen molar-refractivity contribution in [2.75, 3.05) is 0 Å². The highest BCUT2D eigenvalue weighted by atomic mass is 16.2. The van der Waals surface area contributed by atoms with Crippen LogP contribution in [0.1, 0.15) is 37.0 Å². The molecule has 0 saturated heterocycles. The monoisotopic (exact) mass is 204 g/mol. The molecular weight excluding hydrogens is 188 g/mol. The van der Waals surface area contributed by atoms with Crippen LogP contribution in [0, 0.1) is 0 Å². The Labute approximate surface area is 90.2 Å². The normalized spacial score (nSPS) is 9.47. The molecule has 0 aromatic heterocycles. The number of nitrogens with one attached hydrogen (secondary N) is 1. The van der Waals surface area contributed by atoms with Crippen molar-refractivity contribution in [3.63, 3.8) is 0 Å². The van der Waals surface area contributed by atoms with E-state index in [4.69, 9.17) is 0 Å². The van der Waals surface area contributed by atoms with E-state index in [2.05, 4.69) is 10.5 Å². The Morgan fingerprint density at radius 1 is 1.20 bits per heavy atom. The van der Waals surface area contributed by atoms with E-state index < -0.39 is 0 Å². The van der Waals surface area contributed by atoms with Gasteiger partial charge in [-0.2, -0.15) is 5.10 Å². The summed E-state index contributed by atoms with van der Waals surface area (Å²) in [6.45, 7) is 4.05. The molecule has 0 aliphatic carbocycles. The maximum absolute atomic E-state index is 11.6. The molecule has 0 aliphatic rings. The molecule has 15 heavy (non-hydrogen) atoms. The largest absolute Gasteiger partial charge is 0.271 e. The molecule has 0 spiro atoms. The highest BCUT2D eigenvalue weighted by Gasteiger charge is 2.02. The third-order valence-electron chi connectivity index (χ3n) is 2.17. The maximum atomic E-state index is 11.6. The third kappa shape index (κ3) is 3.54. The van der Waals surface area contributed by atoms with Crippen molar-refractivity contribution in [2.45, 2.75) is 26.7 Å². The van der Waals surface area contributed by atoms with Crippen molar-refractivity contribution >= 4 is 11.6 Å². The Hall–Kier alpha value is -1.64. The Morgan fingerprint density at radius 2 is 1.80 bits per heavy atom. The molecule has 1 aromatic rings. The van der Waals surface area contributed by atoms with Crippen molar-refractivity contribution in [3.05, 3.63) is 35.9 Å². The summed E-state index contributed by atoms with van der Waals surface area (Å²) in [5, 5.41) is 4.05. The molecule has 0 radical (unpaired) electrons. The number of carbonyl (C=O) groups excluding carboxylic acids is 1. The van der Waals surface area contributed by atoms with Gasteiger partial charge in [-0.1, -0.05) is 32.0 Å². The maximum Gasteiger partial charge on any atom is 0.271 e. The molecule has 0 aliphatic heterocycles. The lowest BCUT2D eigenvalue weighted by Gasteiger charge is -2.02. The van der Waals surface area contributed by atoms with Crippen LogP contribution in [0.4, 0.5) is 0 Å².